The van der Waals surface area contributed by atoms with Gasteiger partial charge in [-0.2, -0.15) is 0 Å². The summed E-state index contributed by atoms with van der Waals surface area (Å²) in [6.45, 7) is 3.21. The number of para-hydroxylation sites is 2. The molecule has 1 aromatic carbocycles. The van der Waals surface area contributed by atoms with E-state index < -0.39 is 0 Å². The largest absolute Gasteiger partial charge is 0.495 e. The third-order valence-electron chi connectivity index (χ3n) is 3.49. The Hall–Kier alpha value is -1.75. The summed E-state index contributed by atoms with van der Waals surface area (Å²) in [5.74, 6) is 0.820. The van der Waals surface area contributed by atoms with Gasteiger partial charge in [-0.15, -0.1) is 0 Å². The van der Waals surface area contributed by atoms with Crippen molar-refractivity contribution in [2.45, 2.75) is 25.4 Å². The Bertz CT molecular complexity index is 450. The van der Waals surface area contributed by atoms with E-state index in [4.69, 9.17) is 10.5 Å². The molecule has 1 aliphatic rings. The van der Waals surface area contributed by atoms with Crippen molar-refractivity contribution in [3.05, 3.63) is 24.3 Å². The predicted molar refractivity (Wildman–Crippen MR) is 75.4 cm³/mol. The zero-order chi connectivity index (χ0) is 13.8. The van der Waals surface area contributed by atoms with Crippen molar-refractivity contribution in [3.8, 4) is 5.75 Å². The van der Waals surface area contributed by atoms with E-state index in [1.165, 1.54) is 0 Å². The number of rotatable bonds is 4. The number of carbonyl (C=O) groups excluding carboxylic acids is 1. The Morgan fingerprint density at radius 1 is 1.47 bits per heavy atom. The van der Waals surface area contributed by atoms with E-state index in [-0.39, 0.29) is 18.0 Å². The number of hydrogen-bond donors (Lipinski definition) is 2. The summed E-state index contributed by atoms with van der Waals surface area (Å²) in [5.41, 5.74) is 6.59. The molecule has 104 valence electrons. The van der Waals surface area contributed by atoms with Crippen LogP contribution in [0.1, 0.15) is 13.3 Å². The summed E-state index contributed by atoms with van der Waals surface area (Å²) < 4.78 is 5.40. The van der Waals surface area contributed by atoms with Gasteiger partial charge in [-0.1, -0.05) is 12.1 Å². The van der Waals surface area contributed by atoms with Gasteiger partial charge < -0.3 is 20.7 Å². The summed E-state index contributed by atoms with van der Waals surface area (Å²) in [6, 6.07) is 7.76. The average Bonchev–Trinajstić information content (AvgIpc) is 2.43. The topological polar surface area (TPSA) is 67.6 Å². The molecule has 0 bridgehead atoms. The van der Waals surface area contributed by atoms with Gasteiger partial charge in [0.05, 0.1) is 12.8 Å². The molecule has 5 nitrogen and oxygen atoms in total. The molecule has 1 fully saturated rings. The third-order valence-corrected chi connectivity index (χ3v) is 3.49. The third kappa shape index (κ3) is 2.66. The number of benzene rings is 1. The van der Waals surface area contributed by atoms with Gasteiger partial charge in [0.15, 0.2) is 0 Å². The molecule has 0 aliphatic carbocycles. The average molecular weight is 263 g/mol. The zero-order valence-corrected chi connectivity index (χ0v) is 11.4. The van der Waals surface area contributed by atoms with Gasteiger partial charge in [0.25, 0.3) is 0 Å². The highest BCUT2D eigenvalue weighted by molar-refractivity contribution is 5.87. The van der Waals surface area contributed by atoms with Gasteiger partial charge in [0, 0.05) is 12.6 Å². The van der Waals surface area contributed by atoms with E-state index in [0.29, 0.717) is 19.5 Å². The van der Waals surface area contributed by atoms with Gasteiger partial charge in [0.2, 0.25) is 5.91 Å². The SMILES string of the molecule is COc1ccccc1N1C(C)CNC(=O)C1CCN. The van der Waals surface area contributed by atoms with Crippen LogP contribution in [0.3, 0.4) is 0 Å². The second-order valence-electron chi connectivity index (χ2n) is 4.77. The molecule has 0 radical (unpaired) electrons. The summed E-state index contributed by atoms with van der Waals surface area (Å²) in [7, 11) is 1.64. The van der Waals surface area contributed by atoms with E-state index in [1.54, 1.807) is 7.11 Å². The molecule has 1 heterocycles. The zero-order valence-electron chi connectivity index (χ0n) is 11.4. The summed E-state index contributed by atoms with van der Waals surface area (Å²) in [6.07, 6.45) is 0.633. The maximum atomic E-state index is 12.1. The molecule has 2 unspecified atom stereocenters. The van der Waals surface area contributed by atoms with E-state index >= 15 is 0 Å². The van der Waals surface area contributed by atoms with Crippen molar-refractivity contribution in [2.75, 3.05) is 25.1 Å². The van der Waals surface area contributed by atoms with E-state index in [9.17, 15) is 4.79 Å². The highest BCUT2D eigenvalue weighted by Crippen LogP contribution is 2.32. The van der Waals surface area contributed by atoms with E-state index in [0.717, 1.165) is 11.4 Å². The quantitative estimate of drug-likeness (QED) is 0.840. The van der Waals surface area contributed by atoms with Gasteiger partial charge in [-0.05, 0) is 32.0 Å². The van der Waals surface area contributed by atoms with Crippen LogP contribution in [-0.2, 0) is 4.79 Å². The Kier molecular flexibility index (Phi) is 4.27. The van der Waals surface area contributed by atoms with Crippen LogP contribution < -0.4 is 20.7 Å². The fraction of sp³-hybridized carbons (Fsp3) is 0.500. The Labute approximate surface area is 113 Å². The normalized spacial score (nSPS) is 23.1. The van der Waals surface area contributed by atoms with Gasteiger partial charge in [-0.25, -0.2) is 0 Å². The molecule has 3 N–H and O–H groups in total. The highest BCUT2D eigenvalue weighted by atomic mass is 16.5. The van der Waals surface area contributed by atoms with Crippen LogP contribution >= 0.6 is 0 Å². The Balaban J connectivity index is 2.39. The lowest BCUT2D eigenvalue weighted by Gasteiger charge is -2.42. The molecule has 2 atom stereocenters. The van der Waals surface area contributed by atoms with E-state index in [2.05, 4.69) is 17.1 Å². The Morgan fingerprint density at radius 3 is 2.89 bits per heavy atom. The van der Waals surface area contributed by atoms with Gasteiger partial charge >= 0.3 is 0 Å². The monoisotopic (exact) mass is 263 g/mol. The van der Waals surface area contributed by atoms with Crippen molar-refractivity contribution >= 4 is 11.6 Å². The van der Waals surface area contributed by atoms with Crippen LogP contribution in [0.2, 0.25) is 0 Å². The standard InChI is InChI=1S/C14H21N3O2/c1-10-9-16-14(18)12(7-8-15)17(10)11-5-3-4-6-13(11)19-2/h3-6,10,12H,7-9,15H2,1-2H3,(H,16,18). The lowest BCUT2D eigenvalue weighted by molar-refractivity contribution is -0.123. The minimum Gasteiger partial charge on any atom is -0.495 e. The lowest BCUT2D eigenvalue weighted by atomic mass is 10.0. The van der Waals surface area contributed by atoms with Crippen molar-refractivity contribution in [1.82, 2.24) is 5.32 Å². The van der Waals surface area contributed by atoms with Crippen LogP contribution in [-0.4, -0.2) is 38.2 Å². The number of amides is 1. The van der Waals surface area contributed by atoms with Crippen LogP contribution in [0, 0.1) is 0 Å². The second kappa shape index (κ2) is 5.93. The molecule has 0 spiro atoms. The number of nitrogens with two attached hydrogens (primary N) is 1. The fourth-order valence-electron chi connectivity index (χ4n) is 2.57. The molecule has 1 amide bonds. The van der Waals surface area contributed by atoms with Crippen LogP contribution in [0.25, 0.3) is 0 Å². The first-order valence-electron chi connectivity index (χ1n) is 6.58. The molecule has 1 aliphatic heterocycles. The van der Waals surface area contributed by atoms with Gasteiger partial charge in [-0.3, -0.25) is 4.79 Å². The van der Waals surface area contributed by atoms with Gasteiger partial charge in [0.1, 0.15) is 11.8 Å². The summed E-state index contributed by atoms with van der Waals surface area (Å²) in [5, 5.41) is 2.93. The minimum absolute atomic E-state index is 0.0365. The van der Waals surface area contributed by atoms with Crippen molar-refractivity contribution in [2.24, 2.45) is 5.73 Å². The molecular weight excluding hydrogens is 242 g/mol. The smallest absolute Gasteiger partial charge is 0.242 e. The molecule has 2 rings (SSSR count). The number of nitrogens with one attached hydrogen (secondary N) is 1. The second-order valence-corrected chi connectivity index (χ2v) is 4.77. The molecule has 1 saturated heterocycles. The molecule has 0 aromatic heterocycles. The number of carbonyl (C=O) groups is 1. The van der Waals surface area contributed by atoms with Crippen molar-refractivity contribution in [1.29, 1.82) is 0 Å². The number of methoxy groups -OCH3 is 1. The number of anilines is 1. The Morgan fingerprint density at radius 2 is 2.21 bits per heavy atom. The molecule has 0 saturated carbocycles. The van der Waals surface area contributed by atoms with Crippen LogP contribution in [0.15, 0.2) is 24.3 Å². The predicted octanol–water partition coefficient (Wildman–Crippen LogP) is 0.737. The number of hydrogen-bond acceptors (Lipinski definition) is 4. The number of nitrogens with zero attached hydrogens (tertiary/aromatic N) is 1. The first kappa shape index (κ1) is 13.7. The first-order valence-corrected chi connectivity index (χ1v) is 6.58. The minimum atomic E-state index is -0.231. The van der Waals surface area contributed by atoms with Crippen LogP contribution in [0.5, 0.6) is 5.75 Å². The number of piperazine rings is 1. The van der Waals surface area contributed by atoms with Crippen molar-refractivity contribution in [3.63, 3.8) is 0 Å². The maximum absolute atomic E-state index is 12.1. The molecule has 5 heteroatoms. The number of ether oxygens (including phenoxy) is 1. The first-order chi connectivity index (χ1) is 9.19. The highest BCUT2D eigenvalue weighted by Gasteiger charge is 2.34. The summed E-state index contributed by atoms with van der Waals surface area (Å²) >= 11 is 0. The van der Waals surface area contributed by atoms with E-state index in [1.807, 2.05) is 24.3 Å². The fourth-order valence-corrected chi connectivity index (χ4v) is 2.57. The maximum Gasteiger partial charge on any atom is 0.242 e. The van der Waals surface area contributed by atoms with Crippen LogP contribution in [0.4, 0.5) is 5.69 Å². The molecular formula is C14H21N3O2. The lowest BCUT2D eigenvalue weighted by Crippen LogP contribution is -2.60. The molecule has 19 heavy (non-hydrogen) atoms. The van der Waals surface area contributed by atoms with Crippen molar-refractivity contribution < 1.29 is 9.53 Å². The summed E-state index contributed by atoms with van der Waals surface area (Å²) in [4.78, 5) is 14.2. The molecule has 1 aromatic rings.